The molecular weight excluding hydrogens is 368 g/mol. The molecule has 2 fully saturated rings. The molecule has 2 aliphatic heterocycles. The van der Waals surface area contributed by atoms with E-state index in [-0.39, 0.29) is 19.7 Å². The maximum atomic E-state index is 12.6. The average Bonchev–Trinajstić information content (AvgIpc) is 3.33. The number of nitrogens with one attached hydrogen (secondary N) is 3. The van der Waals surface area contributed by atoms with Crippen molar-refractivity contribution in [2.75, 3.05) is 26.2 Å². The number of rotatable bonds is 8. The summed E-state index contributed by atoms with van der Waals surface area (Å²) in [7, 11) is -3.73. The fourth-order valence-corrected chi connectivity index (χ4v) is 4.89. The van der Waals surface area contributed by atoms with Gasteiger partial charge in [0.1, 0.15) is 5.92 Å². The highest BCUT2D eigenvalue weighted by Crippen LogP contribution is 2.17. The van der Waals surface area contributed by atoms with E-state index in [1.165, 1.54) is 18.4 Å². The summed E-state index contributed by atoms with van der Waals surface area (Å²) in [4.78, 5) is 14.4. The molecule has 27 heavy (non-hydrogen) atoms. The Morgan fingerprint density at radius 1 is 1.22 bits per heavy atom. The molecule has 1 aromatic rings. The topological polar surface area (TPSA) is 99.8 Å². The lowest BCUT2D eigenvalue weighted by Crippen LogP contribution is -2.46. The Morgan fingerprint density at radius 3 is 2.56 bits per heavy atom. The third-order valence-corrected chi connectivity index (χ3v) is 6.62. The Kier molecular flexibility index (Phi) is 6.83. The molecule has 0 aromatic heterocycles. The first kappa shape index (κ1) is 20.2. The maximum absolute atomic E-state index is 12.6. The van der Waals surface area contributed by atoms with E-state index in [1.807, 2.05) is 24.3 Å². The van der Waals surface area contributed by atoms with E-state index in [0.29, 0.717) is 0 Å². The minimum absolute atomic E-state index is 0.181. The fourth-order valence-electron chi connectivity index (χ4n) is 3.46. The number of carbonyl (C=O) groups excluding carboxylic acids is 1. The van der Waals surface area contributed by atoms with Crippen molar-refractivity contribution >= 4 is 16.0 Å². The van der Waals surface area contributed by atoms with E-state index in [9.17, 15) is 13.2 Å². The van der Waals surface area contributed by atoms with E-state index in [0.717, 1.165) is 25.2 Å². The molecule has 2 atom stereocenters. The first-order chi connectivity index (χ1) is 13.0. The van der Waals surface area contributed by atoms with E-state index in [1.54, 1.807) is 6.92 Å². The van der Waals surface area contributed by atoms with Crippen molar-refractivity contribution in [2.45, 2.75) is 38.2 Å². The van der Waals surface area contributed by atoms with Crippen LogP contribution in [0.25, 0.3) is 0 Å². The van der Waals surface area contributed by atoms with Crippen LogP contribution in [0.3, 0.4) is 0 Å². The number of ether oxygens (including phenoxy) is 1. The number of sulfonamides is 1. The maximum Gasteiger partial charge on any atom is 0.313 e. The van der Waals surface area contributed by atoms with Gasteiger partial charge in [-0.05, 0) is 44.0 Å². The second kappa shape index (κ2) is 9.11. The summed E-state index contributed by atoms with van der Waals surface area (Å²) in [6.45, 7) is 5.54. The Morgan fingerprint density at radius 2 is 1.89 bits per heavy atom. The summed E-state index contributed by atoms with van der Waals surface area (Å²) in [5.74, 6) is -1.29. The smallest absolute Gasteiger partial charge is 0.313 e. The molecule has 3 N–H and O–H groups in total. The van der Waals surface area contributed by atoms with Crippen molar-refractivity contribution in [2.24, 2.45) is 5.92 Å². The predicted molar refractivity (Wildman–Crippen MR) is 102 cm³/mol. The van der Waals surface area contributed by atoms with Gasteiger partial charge in [-0.25, -0.2) is 18.6 Å². The molecule has 0 amide bonds. The average molecular weight is 397 g/mol. The van der Waals surface area contributed by atoms with Gasteiger partial charge in [-0.1, -0.05) is 24.3 Å². The van der Waals surface area contributed by atoms with Gasteiger partial charge in [0.2, 0.25) is 10.0 Å². The Balaban J connectivity index is 1.55. The summed E-state index contributed by atoms with van der Waals surface area (Å²) in [5.41, 5.74) is 7.50. The van der Waals surface area contributed by atoms with Crippen LogP contribution in [0.4, 0.5) is 0 Å². The Hall–Kier alpha value is -1.52. The first-order valence-corrected chi connectivity index (χ1v) is 11.0. The highest BCUT2D eigenvalue weighted by Gasteiger charge is 2.42. The van der Waals surface area contributed by atoms with Gasteiger partial charge in [0, 0.05) is 19.6 Å². The first-order valence-electron chi connectivity index (χ1n) is 9.43. The summed E-state index contributed by atoms with van der Waals surface area (Å²) in [6, 6.07) is 7.96. The number of esters is 1. The summed E-state index contributed by atoms with van der Waals surface area (Å²) in [5, 5.41) is -1.05. The van der Waals surface area contributed by atoms with E-state index < -0.39 is 27.3 Å². The minimum Gasteiger partial charge on any atom is -0.466 e. The minimum atomic E-state index is -3.73. The monoisotopic (exact) mass is 396 g/mol. The molecule has 150 valence electrons. The van der Waals surface area contributed by atoms with E-state index in [4.69, 9.17) is 4.74 Å². The Bertz CT molecular complexity index is 732. The van der Waals surface area contributed by atoms with E-state index in [2.05, 4.69) is 20.5 Å². The normalized spacial score (nSPS) is 23.6. The van der Waals surface area contributed by atoms with Gasteiger partial charge >= 0.3 is 5.97 Å². The number of likely N-dealkylation sites (tertiary alicyclic amines) is 1. The van der Waals surface area contributed by atoms with E-state index >= 15 is 0 Å². The van der Waals surface area contributed by atoms with Crippen LogP contribution in [-0.2, 0) is 32.6 Å². The van der Waals surface area contributed by atoms with Crippen LogP contribution in [0.5, 0.6) is 0 Å². The molecule has 0 spiro atoms. The van der Waals surface area contributed by atoms with Crippen LogP contribution >= 0.6 is 0 Å². The molecule has 9 heteroatoms. The number of benzene rings is 1. The molecule has 2 saturated heterocycles. The molecule has 2 unspecified atom stereocenters. The van der Waals surface area contributed by atoms with Gasteiger partial charge in [0.15, 0.2) is 5.37 Å². The third kappa shape index (κ3) is 5.26. The Labute approximate surface area is 160 Å². The van der Waals surface area contributed by atoms with Crippen molar-refractivity contribution < 1.29 is 17.9 Å². The summed E-state index contributed by atoms with van der Waals surface area (Å²) >= 11 is 0. The molecule has 0 radical (unpaired) electrons. The van der Waals surface area contributed by atoms with Crippen LogP contribution in [0.15, 0.2) is 24.3 Å². The van der Waals surface area contributed by atoms with Crippen LogP contribution in [0.1, 0.15) is 30.9 Å². The lowest BCUT2D eigenvalue weighted by atomic mass is 10.1. The van der Waals surface area contributed by atoms with Crippen molar-refractivity contribution in [3.8, 4) is 0 Å². The second-order valence-corrected chi connectivity index (χ2v) is 8.86. The molecule has 2 heterocycles. The van der Waals surface area contributed by atoms with Gasteiger partial charge in [-0.3, -0.25) is 15.1 Å². The highest BCUT2D eigenvalue weighted by molar-refractivity contribution is 7.90. The van der Waals surface area contributed by atoms with Gasteiger partial charge in [0.05, 0.1) is 6.61 Å². The van der Waals surface area contributed by atoms with Gasteiger partial charge in [0.25, 0.3) is 0 Å². The number of carbonyl (C=O) groups is 1. The van der Waals surface area contributed by atoms with Crippen molar-refractivity contribution in [1.29, 1.82) is 0 Å². The molecule has 0 bridgehead atoms. The van der Waals surface area contributed by atoms with Crippen molar-refractivity contribution in [3.63, 3.8) is 0 Å². The predicted octanol–water partition coefficient (Wildman–Crippen LogP) is 0.315. The molecule has 1 aromatic carbocycles. The molecular formula is C18H28N4O4S. The number of hydrogen-bond acceptors (Lipinski definition) is 7. The molecule has 0 saturated carbocycles. The van der Waals surface area contributed by atoms with Gasteiger partial charge in [-0.15, -0.1) is 0 Å². The zero-order valence-corrected chi connectivity index (χ0v) is 16.4. The largest absolute Gasteiger partial charge is 0.466 e. The standard InChI is InChI=1S/C18H28N4O4S/c1-2-26-18(23)16-12-19-21-17(16)27(24,25)20-11-14-5-7-15(8-6-14)13-22-9-3-4-10-22/h5-8,16-17,19-21H,2-4,9-13H2,1H3. The van der Waals surface area contributed by atoms with Crippen LogP contribution < -0.4 is 15.6 Å². The van der Waals surface area contributed by atoms with Gasteiger partial charge in [-0.2, -0.15) is 0 Å². The number of hydrogen-bond donors (Lipinski definition) is 3. The van der Waals surface area contributed by atoms with Gasteiger partial charge < -0.3 is 4.74 Å². The van der Waals surface area contributed by atoms with Crippen LogP contribution in [-0.4, -0.2) is 50.9 Å². The zero-order valence-electron chi connectivity index (χ0n) is 15.6. The quantitative estimate of drug-likeness (QED) is 0.544. The number of hydrazine groups is 1. The highest BCUT2D eigenvalue weighted by atomic mass is 32.2. The fraction of sp³-hybridized carbons (Fsp3) is 0.611. The van der Waals surface area contributed by atoms with Crippen LogP contribution in [0.2, 0.25) is 0 Å². The SMILES string of the molecule is CCOC(=O)C1CNNC1S(=O)(=O)NCc1ccc(CN2CCCC2)cc1. The molecule has 0 aliphatic carbocycles. The molecule has 3 rings (SSSR count). The zero-order chi connectivity index (χ0) is 19.3. The summed E-state index contributed by atoms with van der Waals surface area (Å²) in [6.07, 6.45) is 2.52. The van der Waals surface area contributed by atoms with Crippen molar-refractivity contribution in [3.05, 3.63) is 35.4 Å². The van der Waals surface area contributed by atoms with Crippen molar-refractivity contribution in [1.82, 2.24) is 20.5 Å². The molecule has 2 aliphatic rings. The number of nitrogens with zero attached hydrogens (tertiary/aromatic N) is 1. The lowest BCUT2D eigenvalue weighted by Gasteiger charge is -2.18. The molecule has 8 nitrogen and oxygen atoms in total. The van der Waals surface area contributed by atoms with Crippen LogP contribution in [0, 0.1) is 5.92 Å². The summed E-state index contributed by atoms with van der Waals surface area (Å²) < 4.78 is 32.7. The second-order valence-electron chi connectivity index (χ2n) is 6.97. The third-order valence-electron chi connectivity index (χ3n) is 4.96. The lowest BCUT2D eigenvalue weighted by molar-refractivity contribution is -0.147.